The molecule has 0 atom stereocenters. The number of nitrogens with zero attached hydrogens (tertiary/aromatic N) is 5. The molecule has 35 heavy (non-hydrogen) atoms. The van der Waals surface area contributed by atoms with Gasteiger partial charge in [0.1, 0.15) is 12.3 Å². The van der Waals surface area contributed by atoms with Gasteiger partial charge in [0.25, 0.3) is 5.88 Å². The SMILES string of the molecule is CCc1ccc(Oc2nc3ccccc3n3c(=O)n(CC(=O)Nc4ccc(C#N)cc4)nc23)cc1. The highest BCUT2D eigenvalue weighted by atomic mass is 16.5. The Morgan fingerprint density at radius 1 is 1.06 bits per heavy atom. The fourth-order valence-electron chi connectivity index (χ4n) is 3.71. The van der Waals surface area contributed by atoms with Gasteiger partial charge in [0.2, 0.25) is 11.6 Å². The van der Waals surface area contributed by atoms with Crippen LogP contribution in [0.25, 0.3) is 16.7 Å². The Morgan fingerprint density at radius 2 is 1.80 bits per heavy atom. The van der Waals surface area contributed by atoms with E-state index in [2.05, 4.69) is 22.3 Å². The van der Waals surface area contributed by atoms with Crippen molar-refractivity contribution in [1.29, 1.82) is 5.26 Å². The lowest BCUT2D eigenvalue weighted by atomic mass is 10.2. The second-order valence-corrected chi connectivity index (χ2v) is 7.84. The maximum absolute atomic E-state index is 13.3. The zero-order valence-electron chi connectivity index (χ0n) is 18.8. The number of benzene rings is 3. The van der Waals surface area contributed by atoms with Crippen LogP contribution in [0.4, 0.5) is 5.69 Å². The number of para-hydroxylation sites is 2. The number of anilines is 1. The van der Waals surface area contributed by atoms with Crippen LogP contribution in [-0.2, 0) is 17.8 Å². The van der Waals surface area contributed by atoms with Crippen molar-refractivity contribution in [3.05, 3.63) is 94.4 Å². The summed E-state index contributed by atoms with van der Waals surface area (Å²) in [6.45, 7) is 1.76. The van der Waals surface area contributed by atoms with E-state index in [4.69, 9.17) is 10.00 Å². The second kappa shape index (κ2) is 9.11. The summed E-state index contributed by atoms with van der Waals surface area (Å²) < 4.78 is 8.49. The number of rotatable bonds is 6. The van der Waals surface area contributed by atoms with Gasteiger partial charge in [0, 0.05) is 5.69 Å². The van der Waals surface area contributed by atoms with Crippen molar-refractivity contribution in [3.8, 4) is 17.7 Å². The maximum atomic E-state index is 13.3. The molecule has 3 aromatic carbocycles. The molecule has 0 radical (unpaired) electrons. The van der Waals surface area contributed by atoms with E-state index in [1.54, 1.807) is 42.5 Å². The summed E-state index contributed by atoms with van der Waals surface area (Å²) in [5, 5.41) is 16.0. The number of ether oxygens (including phenoxy) is 1. The van der Waals surface area contributed by atoms with Crippen molar-refractivity contribution < 1.29 is 9.53 Å². The molecule has 5 aromatic rings. The second-order valence-electron chi connectivity index (χ2n) is 7.84. The van der Waals surface area contributed by atoms with Crippen molar-refractivity contribution in [2.24, 2.45) is 0 Å². The molecule has 9 heteroatoms. The molecule has 0 aliphatic rings. The zero-order valence-corrected chi connectivity index (χ0v) is 18.8. The largest absolute Gasteiger partial charge is 0.436 e. The highest BCUT2D eigenvalue weighted by Gasteiger charge is 2.19. The third-order valence-electron chi connectivity index (χ3n) is 5.51. The van der Waals surface area contributed by atoms with E-state index in [1.807, 2.05) is 36.4 Å². The van der Waals surface area contributed by atoms with Gasteiger partial charge in [-0.25, -0.2) is 18.9 Å². The molecule has 0 unspecified atom stereocenters. The summed E-state index contributed by atoms with van der Waals surface area (Å²) in [6.07, 6.45) is 0.906. The lowest BCUT2D eigenvalue weighted by Gasteiger charge is -2.08. The zero-order chi connectivity index (χ0) is 24.4. The van der Waals surface area contributed by atoms with Gasteiger partial charge < -0.3 is 10.1 Å². The number of amides is 1. The first-order valence-electron chi connectivity index (χ1n) is 11.0. The molecule has 172 valence electrons. The average molecular weight is 464 g/mol. The predicted octanol–water partition coefficient (Wildman–Crippen LogP) is 3.91. The number of aromatic nitrogens is 4. The van der Waals surface area contributed by atoms with Gasteiger partial charge in [-0.15, -0.1) is 5.10 Å². The topological polar surface area (TPSA) is 114 Å². The normalized spacial score (nSPS) is 10.9. The van der Waals surface area contributed by atoms with Gasteiger partial charge in [-0.1, -0.05) is 31.2 Å². The van der Waals surface area contributed by atoms with E-state index in [0.717, 1.165) is 11.1 Å². The minimum atomic E-state index is -0.486. The van der Waals surface area contributed by atoms with E-state index >= 15 is 0 Å². The van der Waals surface area contributed by atoms with Gasteiger partial charge in [-0.2, -0.15) is 5.26 Å². The molecule has 1 amide bonds. The molecule has 5 rings (SSSR count). The van der Waals surface area contributed by atoms with Gasteiger partial charge in [0.05, 0.1) is 22.7 Å². The molecule has 2 aromatic heterocycles. The molecule has 0 spiro atoms. The molecule has 9 nitrogen and oxygen atoms in total. The predicted molar refractivity (Wildman–Crippen MR) is 130 cm³/mol. The Balaban J connectivity index is 1.51. The molecular formula is C26H20N6O3. The minimum Gasteiger partial charge on any atom is -0.436 e. The molecule has 2 heterocycles. The molecule has 0 bridgehead atoms. The van der Waals surface area contributed by atoms with Gasteiger partial charge in [0.15, 0.2) is 0 Å². The quantitative estimate of drug-likeness (QED) is 0.408. The summed E-state index contributed by atoms with van der Waals surface area (Å²) in [6, 6.07) is 23.2. The number of nitriles is 1. The van der Waals surface area contributed by atoms with Gasteiger partial charge in [-0.05, 0) is 60.5 Å². The van der Waals surface area contributed by atoms with Crippen molar-refractivity contribution in [3.63, 3.8) is 0 Å². The van der Waals surface area contributed by atoms with Gasteiger partial charge >= 0.3 is 5.69 Å². The van der Waals surface area contributed by atoms with Crippen LogP contribution in [0.15, 0.2) is 77.6 Å². The lowest BCUT2D eigenvalue weighted by Crippen LogP contribution is -2.28. The highest BCUT2D eigenvalue weighted by molar-refractivity contribution is 5.90. The van der Waals surface area contributed by atoms with E-state index in [-0.39, 0.29) is 18.1 Å². The standard InChI is InChI=1S/C26H20N6O3/c1-2-17-9-13-20(14-10-17)35-25-24-30-31(16-23(33)28-19-11-7-18(15-27)8-12-19)26(34)32(24)22-6-4-3-5-21(22)29-25/h3-14H,2,16H2,1H3,(H,28,33). The number of carbonyl (C=O) groups excluding carboxylic acids is 1. The Labute approximate surface area is 199 Å². The van der Waals surface area contributed by atoms with Crippen LogP contribution in [0.3, 0.4) is 0 Å². The molecule has 0 aliphatic heterocycles. The van der Waals surface area contributed by atoms with Crippen LogP contribution in [-0.4, -0.2) is 25.1 Å². The lowest BCUT2D eigenvalue weighted by molar-refractivity contribution is -0.117. The number of nitrogens with one attached hydrogen (secondary N) is 1. The summed E-state index contributed by atoms with van der Waals surface area (Å²) in [5.41, 5.74) is 3.00. The van der Waals surface area contributed by atoms with Crippen molar-refractivity contribution >= 4 is 28.3 Å². The van der Waals surface area contributed by atoms with Crippen LogP contribution in [0, 0.1) is 11.3 Å². The average Bonchev–Trinajstić information content (AvgIpc) is 3.21. The van der Waals surface area contributed by atoms with Crippen LogP contribution >= 0.6 is 0 Å². The molecule has 0 aliphatic carbocycles. The van der Waals surface area contributed by atoms with Crippen LogP contribution in [0.1, 0.15) is 18.1 Å². The summed E-state index contributed by atoms with van der Waals surface area (Å²) in [7, 11) is 0. The third-order valence-corrected chi connectivity index (χ3v) is 5.51. The number of hydrogen-bond acceptors (Lipinski definition) is 6. The minimum absolute atomic E-state index is 0.163. The van der Waals surface area contributed by atoms with Crippen LogP contribution < -0.4 is 15.7 Å². The monoisotopic (exact) mass is 464 g/mol. The van der Waals surface area contributed by atoms with Crippen molar-refractivity contribution in [2.75, 3.05) is 5.32 Å². The van der Waals surface area contributed by atoms with E-state index in [9.17, 15) is 9.59 Å². The summed E-state index contributed by atoms with van der Waals surface area (Å²) in [4.78, 5) is 30.5. The Morgan fingerprint density at radius 3 is 2.51 bits per heavy atom. The van der Waals surface area contributed by atoms with Crippen molar-refractivity contribution in [1.82, 2.24) is 19.2 Å². The van der Waals surface area contributed by atoms with Crippen LogP contribution in [0.2, 0.25) is 0 Å². The first-order valence-corrected chi connectivity index (χ1v) is 11.0. The first-order chi connectivity index (χ1) is 17.1. The van der Waals surface area contributed by atoms with Crippen LogP contribution in [0.5, 0.6) is 11.6 Å². The highest BCUT2D eigenvalue weighted by Crippen LogP contribution is 2.26. The fourth-order valence-corrected chi connectivity index (χ4v) is 3.71. The maximum Gasteiger partial charge on any atom is 0.351 e. The molecular weight excluding hydrogens is 444 g/mol. The number of carbonyl (C=O) groups is 1. The van der Waals surface area contributed by atoms with Crippen molar-refractivity contribution in [2.45, 2.75) is 19.9 Å². The van der Waals surface area contributed by atoms with Gasteiger partial charge in [-0.3, -0.25) is 4.79 Å². The summed E-state index contributed by atoms with van der Waals surface area (Å²) >= 11 is 0. The fraction of sp³-hybridized carbons (Fsp3) is 0.115. The molecule has 0 fully saturated rings. The van der Waals surface area contributed by atoms with E-state index < -0.39 is 11.6 Å². The Bertz CT molecular complexity index is 1640. The Kier molecular flexibility index (Phi) is 5.69. The molecule has 0 saturated heterocycles. The molecule has 1 N–H and O–H groups in total. The number of fused-ring (bicyclic) bond motifs is 3. The Hall–Kier alpha value is -4.97. The van der Waals surface area contributed by atoms with E-state index in [0.29, 0.717) is 28.0 Å². The number of hydrogen-bond donors (Lipinski definition) is 1. The van der Waals surface area contributed by atoms with E-state index in [1.165, 1.54) is 9.96 Å². The molecule has 0 saturated carbocycles. The third kappa shape index (κ3) is 4.32. The first kappa shape index (κ1) is 21.9. The summed E-state index contributed by atoms with van der Waals surface area (Å²) in [5.74, 6) is 0.291. The smallest absolute Gasteiger partial charge is 0.351 e. The number of aryl methyl sites for hydroxylation is 1.